The minimum absolute atomic E-state index is 0.396. The molecule has 0 saturated heterocycles. The number of carbonyl (C=O) groups excluding carboxylic acids is 1. The fourth-order valence-electron chi connectivity index (χ4n) is 1.43. The monoisotopic (exact) mass is 213 g/mol. The molecule has 0 aromatic heterocycles. The van der Waals surface area contributed by atoms with E-state index < -0.39 is 18.4 Å². The number of halogens is 2. The zero-order chi connectivity index (χ0) is 11.4. The number of amides is 1. The fourth-order valence-corrected chi connectivity index (χ4v) is 1.43. The van der Waals surface area contributed by atoms with Crippen LogP contribution >= 0.6 is 0 Å². The highest BCUT2D eigenvalue weighted by Crippen LogP contribution is 2.16. The van der Waals surface area contributed by atoms with Gasteiger partial charge in [0, 0.05) is 0 Å². The Labute approximate surface area is 87.3 Å². The molecule has 1 aromatic carbocycles. The number of carbonyl (C=O) groups is 1. The lowest BCUT2D eigenvalue weighted by Gasteiger charge is -2.15. The van der Waals surface area contributed by atoms with E-state index in [-0.39, 0.29) is 0 Å². The van der Waals surface area contributed by atoms with E-state index in [1.54, 1.807) is 6.92 Å². The molecule has 1 rings (SSSR count). The van der Waals surface area contributed by atoms with Crippen LogP contribution < -0.4 is 5.32 Å². The lowest BCUT2D eigenvalue weighted by Crippen LogP contribution is -2.32. The molecule has 0 unspecified atom stereocenters. The van der Waals surface area contributed by atoms with Crippen LogP contribution in [-0.4, -0.2) is 12.3 Å². The van der Waals surface area contributed by atoms with Gasteiger partial charge in [0.2, 0.25) is 0 Å². The highest BCUT2D eigenvalue weighted by atomic mass is 19.3. The Kier molecular flexibility index (Phi) is 3.77. The second kappa shape index (κ2) is 4.87. The van der Waals surface area contributed by atoms with Gasteiger partial charge in [0.1, 0.15) is 0 Å². The van der Waals surface area contributed by atoms with Gasteiger partial charge < -0.3 is 5.32 Å². The maximum atomic E-state index is 12.0. The third-order valence-electron chi connectivity index (χ3n) is 2.21. The van der Waals surface area contributed by atoms with Crippen LogP contribution in [0, 0.1) is 6.92 Å². The molecule has 1 atom stereocenters. The first kappa shape index (κ1) is 11.6. The van der Waals surface area contributed by atoms with E-state index in [2.05, 4.69) is 5.32 Å². The van der Waals surface area contributed by atoms with Crippen LogP contribution in [0.3, 0.4) is 0 Å². The molecule has 4 heteroatoms. The molecule has 1 amide bonds. The van der Waals surface area contributed by atoms with Crippen LogP contribution in [0.4, 0.5) is 8.78 Å². The van der Waals surface area contributed by atoms with Crippen molar-refractivity contribution in [2.45, 2.75) is 26.3 Å². The Morgan fingerprint density at radius 1 is 1.33 bits per heavy atom. The molecule has 82 valence electrons. The number of hydrogen-bond donors (Lipinski definition) is 1. The summed E-state index contributed by atoms with van der Waals surface area (Å²) in [6.07, 6.45) is -2.96. The van der Waals surface area contributed by atoms with Gasteiger partial charge in [-0.25, -0.2) is 0 Å². The van der Waals surface area contributed by atoms with Crippen LogP contribution in [-0.2, 0) is 4.79 Å². The molecule has 0 aliphatic heterocycles. The lowest BCUT2D eigenvalue weighted by molar-refractivity contribution is -0.132. The molecule has 15 heavy (non-hydrogen) atoms. The summed E-state index contributed by atoms with van der Waals surface area (Å²) in [6, 6.07) is 6.97. The van der Waals surface area contributed by atoms with Crippen molar-refractivity contribution >= 4 is 5.91 Å². The first-order valence-corrected chi connectivity index (χ1v) is 4.66. The average molecular weight is 213 g/mol. The van der Waals surface area contributed by atoms with E-state index in [4.69, 9.17) is 0 Å². The summed E-state index contributed by atoms with van der Waals surface area (Å²) in [4.78, 5) is 10.8. The Morgan fingerprint density at radius 2 is 1.93 bits per heavy atom. The molecule has 0 aliphatic rings. The number of aryl methyl sites for hydroxylation is 1. The maximum absolute atomic E-state index is 12.0. The topological polar surface area (TPSA) is 29.1 Å². The number of rotatable bonds is 3. The van der Waals surface area contributed by atoms with Gasteiger partial charge >= 0.3 is 6.43 Å². The van der Waals surface area contributed by atoms with E-state index in [1.807, 2.05) is 31.2 Å². The minimum atomic E-state index is -2.96. The van der Waals surface area contributed by atoms with Gasteiger partial charge in [-0.1, -0.05) is 24.3 Å². The highest BCUT2D eigenvalue weighted by molar-refractivity contribution is 5.79. The van der Waals surface area contributed by atoms with Crippen molar-refractivity contribution in [3.05, 3.63) is 35.4 Å². The van der Waals surface area contributed by atoms with Gasteiger partial charge in [-0.2, -0.15) is 8.78 Å². The van der Waals surface area contributed by atoms with Gasteiger partial charge in [0.15, 0.2) is 0 Å². The molecule has 0 aliphatic carbocycles. The van der Waals surface area contributed by atoms with Crippen LogP contribution in [0.15, 0.2) is 24.3 Å². The summed E-state index contributed by atoms with van der Waals surface area (Å²) in [7, 11) is 0. The largest absolute Gasteiger partial charge is 0.345 e. The van der Waals surface area contributed by atoms with E-state index in [9.17, 15) is 13.6 Å². The first-order chi connectivity index (χ1) is 7.02. The van der Waals surface area contributed by atoms with E-state index in [1.165, 1.54) is 0 Å². The maximum Gasteiger partial charge on any atom is 0.315 e. The zero-order valence-corrected chi connectivity index (χ0v) is 8.63. The van der Waals surface area contributed by atoms with Gasteiger partial charge in [-0.15, -0.1) is 0 Å². The average Bonchev–Trinajstić information content (AvgIpc) is 2.18. The Bertz CT molecular complexity index is 352. The SMILES string of the molecule is Cc1ccccc1[C@@H](C)NC(=O)C(F)F. The van der Waals surface area contributed by atoms with E-state index >= 15 is 0 Å². The molecule has 0 bridgehead atoms. The predicted molar refractivity (Wildman–Crippen MR) is 53.7 cm³/mol. The molecule has 1 N–H and O–H groups in total. The van der Waals surface area contributed by atoms with Gasteiger partial charge in [-0.05, 0) is 25.0 Å². The van der Waals surface area contributed by atoms with Gasteiger partial charge in [-0.3, -0.25) is 4.79 Å². The van der Waals surface area contributed by atoms with Gasteiger partial charge in [0.05, 0.1) is 6.04 Å². The normalized spacial score (nSPS) is 12.6. The lowest BCUT2D eigenvalue weighted by atomic mass is 10.0. The number of nitrogens with one attached hydrogen (secondary N) is 1. The fraction of sp³-hybridized carbons (Fsp3) is 0.364. The first-order valence-electron chi connectivity index (χ1n) is 4.66. The highest BCUT2D eigenvalue weighted by Gasteiger charge is 2.18. The smallest absolute Gasteiger partial charge is 0.315 e. The number of hydrogen-bond acceptors (Lipinski definition) is 1. The summed E-state index contributed by atoms with van der Waals surface area (Å²) in [5.74, 6) is -1.23. The summed E-state index contributed by atoms with van der Waals surface area (Å²) < 4.78 is 24.0. The zero-order valence-electron chi connectivity index (χ0n) is 8.63. The second-order valence-corrected chi connectivity index (χ2v) is 3.39. The van der Waals surface area contributed by atoms with Crippen LogP contribution in [0.25, 0.3) is 0 Å². The van der Waals surface area contributed by atoms with Crippen molar-refractivity contribution in [3.63, 3.8) is 0 Å². The van der Waals surface area contributed by atoms with Crippen molar-refractivity contribution in [1.29, 1.82) is 0 Å². The third kappa shape index (κ3) is 3.01. The minimum Gasteiger partial charge on any atom is -0.345 e. The molecule has 0 spiro atoms. The number of benzene rings is 1. The van der Waals surface area contributed by atoms with Crippen molar-refractivity contribution in [2.75, 3.05) is 0 Å². The van der Waals surface area contributed by atoms with Gasteiger partial charge in [0.25, 0.3) is 5.91 Å². The predicted octanol–water partition coefficient (Wildman–Crippen LogP) is 2.44. The van der Waals surface area contributed by atoms with E-state index in [0.29, 0.717) is 0 Å². The van der Waals surface area contributed by atoms with Crippen molar-refractivity contribution in [2.24, 2.45) is 0 Å². The van der Waals surface area contributed by atoms with E-state index in [0.717, 1.165) is 11.1 Å². The molecular weight excluding hydrogens is 200 g/mol. The number of alkyl halides is 2. The summed E-state index contributed by atoms with van der Waals surface area (Å²) in [5, 5.41) is 2.25. The summed E-state index contributed by atoms with van der Waals surface area (Å²) in [5.41, 5.74) is 1.83. The molecule has 0 heterocycles. The quantitative estimate of drug-likeness (QED) is 0.820. The standard InChI is InChI=1S/C11H13F2NO/c1-7-5-3-4-6-9(7)8(2)14-11(15)10(12)13/h3-6,8,10H,1-2H3,(H,14,15)/t8-/m1/s1. The molecular formula is C11H13F2NO. The second-order valence-electron chi connectivity index (χ2n) is 3.39. The Morgan fingerprint density at radius 3 is 2.47 bits per heavy atom. The van der Waals surface area contributed by atoms with Crippen molar-refractivity contribution in [1.82, 2.24) is 5.32 Å². The molecule has 1 aromatic rings. The Hall–Kier alpha value is -1.45. The van der Waals surface area contributed by atoms with Crippen molar-refractivity contribution in [3.8, 4) is 0 Å². The van der Waals surface area contributed by atoms with Crippen LogP contribution in [0.1, 0.15) is 24.1 Å². The summed E-state index contributed by atoms with van der Waals surface area (Å²) in [6.45, 7) is 3.56. The van der Waals surface area contributed by atoms with Crippen LogP contribution in [0.2, 0.25) is 0 Å². The van der Waals surface area contributed by atoms with Crippen LogP contribution in [0.5, 0.6) is 0 Å². The molecule has 0 fully saturated rings. The Balaban J connectivity index is 2.73. The molecule has 0 saturated carbocycles. The third-order valence-corrected chi connectivity index (χ3v) is 2.21. The molecule has 2 nitrogen and oxygen atoms in total. The van der Waals surface area contributed by atoms with Crippen molar-refractivity contribution < 1.29 is 13.6 Å². The summed E-state index contributed by atoms with van der Waals surface area (Å²) >= 11 is 0. The molecule has 0 radical (unpaired) electrons.